The second-order valence-corrected chi connectivity index (χ2v) is 3.65. The Kier molecular flexibility index (Phi) is 5.87. The van der Waals surface area contributed by atoms with E-state index in [-0.39, 0.29) is 6.04 Å². The summed E-state index contributed by atoms with van der Waals surface area (Å²) in [5, 5.41) is 0. The first-order valence-electron chi connectivity index (χ1n) is 3.30. The largest absolute Gasteiger partial charge is 0.384 e. The summed E-state index contributed by atoms with van der Waals surface area (Å²) in [5.41, 5.74) is 0. The molecular formula is C6H15NO2S. The lowest BCUT2D eigenvalue weighted by molar-refractivity contribution is 0.217. The molecule has 0 aromatic heterocycles. The Morgan fingerprint density at radius 1 is 1.60 bits per heavy atom. The molecule has 0 rings (SSSR count). The first-order valence-corrected chi connectivity index (χ1v) is 4.62. The summed E-state index contributed by atoms with van der Waals surface area (Å²) >= 11 is 0. The van der Waals surface area contributed by atoms with Crippen molar-refractivity contribution in [1.29, 1.82) is 0 Å². The molecule has 0 amide bonds. The van der Waals surface area contributed by atoms with Crippen molar-refractivity contribution in [1.82, 2.24) is 4.72 Å². The van der Waals surface area contributed by atoms with E-state index in [0.29, 0.717) is 12.4 Å². The molecule has 0 aliphatic carbocycles. The van der Waals surface area contributed by atoms with Gasteiger partial charge < -0.3 is 4.74 Å². The minimum atomic E-state index is -0.925. The summed E-state index contributed by atoms with van der Waals surface area (Å²) in [5.74, 6) is 0.564. The zero-order chi connectivity index (χ0) is 7.98. The van der Waals surface area contributed by atoms with Gasteiger partial charge in [-0.1, -0.05) is 0 Å². The van der Waals surface area contributed by atoms with E-state index in [1.54, 1.807) is 7.11 Å². The highest BCUT2D eigenvalue weighted by molar-refractivity contribution is 7.83. The van der Waals surface area contributed by atoms with E-state index >= 15 is 0 Å². The molecule has 0 heterocycles. The number of nitrogens with one attached hydrogen (secondary N) is 1. The predicted octanol–water partition coefficient (Wildman–Crippen LogP) is 0.294. The molecule has 3 nitrogen and oxygen atoms in total. The molecule has 0 radical (unpaired) electrons. The summed E-state index contributed by atoms with van der Waals surface area (Å²) in [6, 6.07) is 0.276. The van der Waals surface area contributed by atoms with Gasteiger partial charge in [0.25, 0.3) is 0 Å². The number of rotatable bonds is 5. The van der Waals surface area contributed by atoms with Gasteiger partial charge in [-0.25, -0.2) is 8.93 Å². The molecule has 0 spiro atoms. The molecule has 0 aliphatic heterocycles. The Morgan fingerprint density at radius 3 is 2.60 bits per heavy atom. The number of hydrogen-bond acceptors (Lipinski definition) is 2. The van der Waals surface area contributed by atoms with Gasteiger partial charge in [0.1, 0.15) is 0 Å². The second kappa shape index (κ2) is 5.82. The second-order valence-electron chi connectivity index (χ2n) is 2.31. The predicted molar refractivity (Wildman–Crippen MR) is 43.2 cm³/mol. The third kappa shape index (κ3) is 6.19. The fraction of sp³-hybridized carbons (Fsp3) is 1.00. The molecule has 0 bridgehead atoms. The third-order valence-corrected chi connectivity index (χ3v) is 2.11. The Hall–Kier alpha value is 0.0700. The average Bonchev–Trinajstić information content (AvgIpc) is 1.82. The Labute approximate surface area is 64.7 Å². The van der Waals surface area contributed by atoms with Gasteiger partial charge in [0.2, 0.25) is 0 Å². The number of ether oxygens (including phenoxy) is 1. The highest BCUT2D eigenvalue weighted by Gasteiger charge is 1.99. The van der Waals surface area contributed by atoms with E-state index in [2.05, 4.69) is 4.72 Å². The van der Waals surface area contributed by atoms with Crippen LogP contribution in [0.5, 0.6) is 0 Å². The molecule has 0 fully saturated rings. The summed E-state index contributed by atoms with van der Waals surface area (Å²) in [6.45, 7) is 4.47. The minimum absolute atomic E-state index is 0.276. The first kappa shape index (κ1) is 10.1. The van der Waals surface area contributed by atoms with Crippen molar-refractivity contribution >= 4 is 11.0 Å². The smallest absolute Gasteiger partial charge is 0.0941 e. The lowest BCUT2D eigenvalue weighted by Gasteiger charge is -2.05. The van der Waals surface area contributed by atoms with Crippen molar-refractivity contribution in [3.05, 3.63) is 0 Å². The lowest BCUT2D eigenvalue weighted by Crippen LogP contribution is -2.28. The molecular weight excluding hydrogens is 150 g/mol. The average molecular weight is 165 g/mol. The molecule has 1 unspecified atom stereocenters. The molecule has 4 heteroatoms. The van der Waals surface area contributed by atoms with Crippen LogP contribution in [0.25, 0.3) is 0 Å². The van der Waals surface area contributed by atoms with Crippen LogP contribution in [0.1, 0.15) is 13.8 Å². The highest BCUT2D eigenvalue weighted by atomic mass is 32.2. The van der Waals surface area contributed by atoms with Crippen molar-refractivity contribution < 1.29 is 8.95 Å². The van der Waals surface area contributed by atoms with E-state index in [4.69, 9.17) is 4.74 Å². The SMILES string of the molecule is COCCS(=O)NC(C)C. The van der Waals surface area contributed by atoms with Crippen molar-refractivity contribution in [3.8, 4) is 0 Å². The molecule has 0 saturated carbocycles. The van der Waals surface area contributed by atoms with Crippen LogP contribution in [0, 0.1) is 0 Å². The maximum atomic E-state index is 10.9. The summed E-state index contributed by atoms with van der Waals surface area (Å²) < 4.78 is 18.6. The van der Waals surface area contributed by atoms with Gasteiger partial charge in [-0.05, 0) is 13.8 Å². The van der Waals surface area contributed by atoms with Gasteiger partial charge in [0.15, 0.2) is 0 Å². The van der Waals surface area contributed by atoms with Crippen LogP contribution in [0.3, 0.4) is 0 Å². The molecule has 0 aromatic rings. The van der Waals surface area contributed by atoms with Crippen LogP contribution in [0.15, 0.2) is 0 Å². The van der Waals surface area contributed by atoms with Gasteiger partial charge in [0.05, 0.1) is 23.3 Å². The molecule has 10 heavy (non-hydrogen) atoms. The van der Waals surface area contributed by atoms with Crippen LogP contribution in [-0.2, 0) is 15.7 Å². The standard InChI is InChI=1S/C6H15NO2S/c1-6(2)7-10(8)5-4-9-3/h6-7H,4-5H2,1-3H3. The zero-order valence-corrected chi connectivity index (χ0v) is 7.53. The highest BCUT2D eigenvalue weighted by Crippen LogP contribution is 1.82. The Bertz CT molecular complexity index is 106. The first-order chi connectivity index (χ1) is 4.66. The molecule has 1 atom stereocenters. The fourth-order valence-electron chi connectivity index (χ4n) is 0.481. The van der Waals surface area contributed by atoms with Crippen LogP contribution >= 0.6 is 0 Å². The molecule has 1 N–H and O–H groups in total. The van der Waals surface area contributed by atoms with Crippen molar-refractivity contribution in [2.45, 2.75) is 19.9 Å². The number of methoxy groups -OCH3 is 1. The monoisotopic (exact) mass is 165 g/mol. The fourth-order valence-corrected chi connectivity index (χ4v) is 1.44. The van der Waals surface area contributed by atoms with E-state index in [9.17, 15) is 4.21 Å². The summed E-state index contributed by atoms with van der Waals surface area (Å²) in [4.78, 5) is 0. The zero-order valence-electron chi connectivity index (χ0n) is 6.72. The van der Waals surface area contributed by atoms with Crippen molar-refractivity contribution in [2.75, 3.05) is 19.5 Å². The normalized spacial score (nSPS) is 14.0. The van der Waals surface area contributed by atoms with E-state index in [1.165, 1.54) is 0 Å². The molecule has 0 saturated heterocycles. The third-order valence-electron chi connectivity index (χ3n) is 0.840. The van der Waals surface area contributed by atoms with E-state index in [0.717, 1.165) is 0 Å². The maximum Gasteiger partial charge on any atom is 0.0941 e. The van der Waals surface area contributed by atoms with Gasteiger partial charge in [0, 0.05) is 13.2 Å². The van der Waals surface area contributed by atoms with Gasteiger partial charge in [-0.15, -0.1) is 0 Å². The lowest BCUT2D eigenvalue weighted by atomic mass is 10.4. The van der Waals surface area contributed by atoms with Gasteiger partial charge >= 0.3 is 0 Å². The Balaban J connectivity index is 3.26. The summed E-state index contributed by atoms with van der Waals surface area (Å²) in [7, 11) is 0.679. The Morgan fingerprint density at radius 2 is 2.20 bits per heavy atom. The molecule has 0 aliphatic rings. The van der Waals surface area contributed by atoms with E-state index in [1.807, 2.05) is 13.8 Å². The van der Waals surface area contributed by atoms with Gasteiger partial charge in [-0.2, -0.15) is 0 Å². The molecule has 62 valence electrons. The topological polar surface area (TPSA) is 38.3 Å². The van der Waals surface area contributed by atoms with Crippen LogP contribution in [0.4, 0.5) is 0 Å². The van der Waals surface area contributed by atoms with Crippen LogP contribution in [0.2, 0.25) is 0 Å². The van der Waals surface area contributed by atoms with Crippen molar-refractivity contribution in [3.63, 3.8) is 0 Å². The van der Waals surface area contributed by atoms with Crippen molar-refractivity contribution in [2.24, 2.45) is 0 Å². The molecule has 0 aromatic carbocycles. The van der Waals surface area contributed by atoms with Gasteiger partial charge in [-0.3, -0.25) is 0 Å². The van der Waals surface area contributed by atoms with E-state index < -0.39 is 11.0 Å². The maximum absolute atomic E-state index is 10.9. The number of hydrogen-bond donors (Lipinski definition) is 1. The van der Waals surface area contributed by atoms with Crippen LogP contribution < -0.4 is 4.72 Å². The summed E-state index contributed by atoms with van der Waals surface area (Å²) in [6.07, 6.45) is 0. The minimum Gasteiger partial charge on any atom is -0.384 e. The quantitative estimate of drug-likeness (QED) is 0.636. The van der Waals surface area contributed by atoms with Crippen LogP contribution in [-0.4, -0.2) is 29.7 Å².